The summed E-state index contributed by atoms with van der Waals surface area (Å²) in [6.45, 7) is 0.325. The Morgan fingerprint density at radius 2 is 2.05 bits per heavy atom. The summed E-state index contributed by atoms with van der Waals surface area (Å²) < 4.78 is 24.4. The average Bonchev–Trinajstić information content (AvgIpc) is 2.48. The summed E-state index contributed by atoms with van der Waals surface area (Å²) in [5, 5.41) is 0. The van der Waals surface area contributed by atoms with Crippen LogP contribution in [0.5, 0.6) is 11.5 Å². The quantitative estimate of drug-likeness (QED) is 0.813. The minimum Gasteiger partial charge on any atom is -0.496 e. The molecule has 0 aliphatic rings. The fourth-order valence-corrected chi connectivity index (χ4v) is 2.29. The molecule has 0 aromatic heterocycles. The smallest absolute Gasteiger partial charge is 0.137 e. The van der Waals surface area contributed by atoms with Gasteiger partial charge in [-0.1, -0.05) is 18.3 Å². The maximum atomic E-state index is 13.1. The molecule has 0 atom stereocenters. The van der Waals surface area contributed by atoms with Crippen molar-refractivity contribution in [2.75, 3.05) is 7.11 Å². The van der Waals surface area contributed by atoms with E-state index >= 15 is 0 Å². The van der Waals surface area contributed by atoms with Crippen molar-refractivity contribution < 1.29 is 13.9 Å². The molecule has 0 fully saturated rings. The Labute approximate surface area is 136 Å². The number of rotatable bonds is 5. The van der Waals surface area contributed by atoms with Gasteiger partial charge in [-0.05, 0) is 51.8 Å². The molecule has 0 spiro atoms. The number of ether oxygens (including phenoxy) is 2. The fourth-order valence-electron chi connectivity index (χ4n) is 1.76. The molecule has 0 heterocycles. The Morgan fingerprint density at radius 3 is 2.67 bits per heavy atom. The van der Waals surface area contributed by atoms with Crippen LogP contribution in [0.1, 0.15) is 11.1 Å². The number of methoxy groups -OCH3 is 1. The third kappa shape index (κ3) is 3.92. The predicted octanol–water partition coefficient (Wildman–Crippen LogP) is 3.81. The first kappa shape index (κ1) is 15.7. The Bertz CT molecular complexity index is 679. The number of thiocarbonyl (C=S) groups is 1. The van der Waals surface area contributed by atoms with Gasteiger partial charge in [0.1, 0.15) is 28.9 Å². The van der Waals surface area contributed by atoms with Crippen molar-refractivity contribution in [1.82, 2.24) is 0 Å². The SMILES string of the molecule is COc1cc(COc2ccc(F)c(Br)c2)ccc1C(N)=S. The summed E-state index contributed by atoms with van der Waals surface area (Å²) in [5.74, 6) is 0.842. The Hall–Kier alpha value is -1.66. The van der Waals surface area contributed by atoms with E-state index in [0.717, 1.165) is 5.56 Å². The fraction of sp³-hybridized carbons (Fsp3) is 0.133. The molecule has 0 unspecified atom stereocenters. The first-order valence-electron chi connectivity index (χ1n) is 6.06. The van der Waals surface area contributed by atoms with Gasteiger partial charge in [-0.25, -0.2) is 4.39 Å². The molecule has 2 aromatic rings. The lowest BCUT2D eigenvalue weighted by atomic mass is 10.1. The molecule has 0 saturated carbocycles. The summed E-state index contributed by atoms with van der Waals surface area (Å²) in [5.41, 5.74) is 7.19. The van der Waals surface area contributed by atoms with Crippen LogP contribution < -0.4 is 15.2 Å². The lowest BCUT2D eigenvalue weighted by Crippen LogP contribution is -2.11. The molecule has 3 nitrogen and oxygen atoms in total. The molecule has 6 heteroatoms. The van der Waals surface area contributed by atoms with Gasteiger partial charge < -0.3 is 15.2 Å². The topological polar surface area (TPSA) is 44.5 Å². The lowest BCUT2D eigenvalue weighted by Gasteiger charge is -2.11. The summed E-state index contributed by atoms with van der Waals surface area (Å²) in [6, 6.07) is 9.95. The lowest BCUT2D eigenvalue weighted by molar-refractivity contribution is 0.304. The number of nitrogens with two attached hydrogens (primary N) is 1. The van der Waals surface area contributed by atoms with E-state index in [9.17, 15) is 4.39 Å². The molecule has 2 rings (SSSR count). The van der Waals surface area contributed by atoms with E-state index < -0.39 is 0 Å². The molecule has 0 amide bonds. The first-order valence-corrected chi connectivity index (χ1v) is 7.26. The van der Waals surface area contributed by atoms with Crippen molar-refractivity contribution in [2.45, 2.75) is 6.61 Å². The van der Waals surface area contributed by atoms with Crippen molar-refractivity contribution in [3.8, 4) is 11.5 Å². The maximum Gasteiger partial charge on any atom is 0.137 e. The van der Waals surface area contributed by atoms with E-state index in [4.69, 9.17) is 27.4 Å². The average molecular weight is 370 g/mol. The van der Waals surface area contributed by atoms with Crippen LogP contribution in [-0.4, -0.2) is 12.1 Å². The van der Waals surface area contributed by atoms with Crippen LogP contribution in [0.3, 0.4) is 0 Å². The number of halogens is 2. The van der Waals surface area contributed by atoms with Crippen molar-refractivity contribution in [3.05, 3.63) is 57.8 Å². The van der Waals surface area contributed by atoms with Crippen LogP contribution >= 0.6 is 28.1 Å². The van der Waals surface area contributed by atoms with Gasteiger partial charge in [-0.2, -0.15) is 0 Å². The summed E-state index contributed by atoms with van der Waals surface area (Å²) in [6.07, 6.45) is 0. The van der Waals surface area contributed by atoms with Gasteiger partial charge in [-0.15, -0.1) is 0 Å². The Kier molecular flexibility index (Phi) is 5.14. The monoisotopic (exact) mass is 369 g/mol. The van der Waals surface area contributed by atoms with E-state index in [1.807, 2.05) is 12.1 Å². The van der Waals surface area contributed by atoms with Crippen LogP contribution in [0.15, 0.2) is 40.9 Å². The van der Waals surface area contributed by atoms with Crippen LogP contribution in [0.25, 0.3) is 0 Å². The van der Waals surface area contributed by atoms with Crippen molar-refractivity contribution >= 4 is 33.1 Å². The zero-order valence-electron chi connectivity index (χ0n) is 11.2. The van der Waals surface area contributed by atoms with E-state index in [1.54, 1.807) is 25.3 Å². The zero-order valence-corrected chi connectivity index (χ0v) is 13.6. The third-order valence-corrected chi connectivity index (χ3v) is 3.66. The van der Waals surface area contributed by atoms with Crippen LogP contribution in [0, 0.1) is 5.82 Å². The standard InChI is InChI=1S/C15H13BrFNO2S/c1-19-14-6-9(2-4-11(14)15(18)21)8-20-10-3-5-13(17)12(16)7-10/h2-7H,8H2,1H3,(H2,18,21). The van der Waals surface area contributed by atoms with Crippen LogP contribution in [-0.2, 0) is 6.61 Å². The molecule has 2 N–H and O–H groups in total. The number of hydrogen-bond donors (Lipinski definition) is 1. The first-order chi connectivity index (χ1) is 10.0. The van der Waals surface area contributed by atoms with Crippen LogP contribution in [0.2, 0.25) is 0 Å². The second-order valence-corrected chi connectivity index (χ2v) is 5.56. The highest BCUT2D eigenvalue weighted by molar-refractivity contribution is 9.10. The molecular weight excluding hydrogens is 357 g/mol. The molecule has 21 heavy (non-hydrogen) atoms. The second-order valence-electron chi connectivity index (χ2n) is 4.26. The molecule has 110 valence electrons. The molecule has 0 aliphatic carbocycles. The largest absolute Gasteiger partial charge is 0.496 e. The minimum atomic E-state index is -0.329. The van der Waals surface area contributed by atoms with E-state index in [2.05, 4.69) is 15.9 Å². The highest BCUT2D eigenvalue weighted by Crippen LogP contribution is 2.24. The Balaban J connectivity index is 2.13. The molecule has 0 radical (unpaired) electrons. The van der Waals surface area contributed by atoms with Crippen molar-refractivity contribution in [3.63, 3.8) is 0 Å². The third-order valence-electron chi connectivity index (χ3n) is 2.83. The number of benzene rings is 2. The van der Waals surface area contributed by atoms with Crippen LogP contribution in [0.4, 0.5) is 4.39 Å². The highest BCUT2D eigenvalue weighted by atomic mass is 79.9. The van der Waals surface area contributed by atoms with Gasteiger partial charge in [-0.3, -0.25) is 0 Å². The second kappa shape index (κ2) is 6.87. The van der Waals surface area contributed by atoms with Gasteiger partial charge in [0.2, 0.25) is 0 Å². The van der Waals surface area contributed by atoms with Crippen molar-refractivity contribution in [1.29, 1.82) is 0 Å². The van der Waals surface area contributed by atoms with E-state index in [1.165, 1.54) is 6.07 Å². The zero-order chi connectivity index (χ0) is 15.4. The van der Waals surface area contributed by atoms with E-state index in [0.29, 0.717) is 28.1 Å². The van der Waals surface area contributed by atoms with Gasteiger partial charge in [0.25, 0.3) is 0 Å². The molecule has 2 aromatic carbocycles. The van der Waals surface area contributed by atoms with Gasteiger partial charge in [0.05, 0.1) is 17.1 Å². The molecule has 0 bridgehead atoms. The van der Waals surface area contributed by atoms with Crippen molar-refractivity contribution in [2.24, 2.45) is 5.73 Å². The van der Waals surface area contributed by atoms with Gasteiger partial charge in [0.15, 0.2) is 0 Å². The normalized spacial score (nSPS) is 10.2. The summed E-state index contributed by atoms with van der Waals surface area (Å²) in [7, 11) is 1.55. The maximum absolute atomic E-state index is 13.1. The minimum absolute atomic E-state index is 0.279. The number of hydrogen-bond acceptors (Lipinski definition) is 3. The molecular formula is C15H13BrFNO2S. The summed E-state index contributed by atoms with van der Waals surface area (Å²) >= 11 is 8.07. The van der Waals surface area contributed by atoms with E-state index in [-0.39, 0.29) is 10.8 Å². The highest BCUT2D eigenvalue weighted by Gasteiger charge is 2.08. The predicted molar refractivity (Wildman–Crippen MR) is 87.3 cm³/mol. The molecule has 0 saturated heterocycles. The summed E-state index contributed by atoms with van der Waals surface area (Å²) in [4.78, 5) is 0.279. The van der Waals surface area contributed by atoms with Gasteiger partial charge >= 0.3 is 0 Å². The Morgan fingerprint density at radius 1 is 1.29 bits per heavy atom. The molecule has 0 aliphatic heterocycles. The van der Waals surface area contributed by atoms with Gasteiger partial charge in [0, 0.05) is 0 Å².